The number of hydrogen-bond acceptors (Lipinski definition) is 4. The molecule has 138 valence electrons. The number of hydrogen-bond donors (Lipinski definition) is 1. The van der Waals surface area contributed by atoms with E-state index in [1.165, 1.54) is 11.3 Å². The van der Waals surface area contributed by atoms with Crippen molar-refractivity contribution < 1.29 is 9.53 Å². The molecule has 0 atom stereocenters. The van der Waals surface area contributed by atoms with Crippen LogP contribution in [0, 0.1) is 0 Å². The number of carbonyl (C=O) groups excluding carboxylic acids is 1. The first-order valence-corrected chi connectivity index (χ1v) is 10.2. The first kappa shape index (κ1) is 18.1. The Kier molecular flexibility index (Phi) is 4.70. The summed E-state index contributed by atoms with van der Waals surface area (Å²) in [6, 6.07) is 18.3. The molecule has 0 spiro atoms. The normalized spacial score (nSPS) is 14.7. The molecule has 2 N–H and O–H groups in total. The minimum absolute atomic E-state index is 0.102. The van der Waals surface area contributed by atoms with E-state index < -0.39 is 5.41 Å². The Morgan fingerprint density at radius 2 is 1.63 bits per heavy atom. The Labute approximate surface area is 167 Å². The number of carbonyl (C=O) groups is 1. The molecule has 0 saturated heterocycles. The third kappa shape index (κ3) is 3.35. The SMILES string of the molecule is CCOC(=O)C1(c2ccc(-c3ccc(-c4sc(Cl)cc4N)cc3)cc2)CC1. The van der Waals surface area contributed by atoms with E-state index >= 15 is 0 Å². The number of halogens is 1. The summed E-state index contributed by atoms with van der Waals surface area (Å²) in [5.41, 5.74) is 10.6. The molecule has 3 nitrogen and oxygen atoms in total. The average Bonchev–Trinajstić information content (AvgIpc) is 3.42. The van der Waals surface area contributed by atoms with Crippen molar-refractivity contribution in [1.82, 2.24) is 0 Å². The van der Waals surface area contributed by atoms with E-state index in [2.05, 4.69) is 36.4 Å². The lowest BCUT2D eigenvalue weighted by atomic mass is 9.93. The Balaban J connectivity index is 1.56. The van der Waals surface area contributed by atoms with Gasteiger partial charge in [0, 0.05) is 0 Å². The van der Waals surface area contributed by atoms with Gasteiger partial charge in [-0.2, -0.15) is 0 Å². The standard InChI is InChI=1S/C22H20ClNO2S/c1-2-26-21(25)22(11-12-22)17-9-7-15(8-10-17)14-3-5-16(6-4-14)20-18(24)13-19(23)27-20/h3-10,13H,2,11-12,24H2,1H3. The molecule has 1 heterocycles. The van der Waals surface area contributed by atoms with Gasteiger partial charge in [0.25, 0.3) is 0 Å². The van der Waals surface area contributed by atoms with Gasteiger partial charge in [-0.05, 0) is 48.1 Å². The third-order valence-electron chi connectivity index (χ3n) is 5.06. The highest BCUT2D eigenvalue weighted by Crippen LogP contribution is 2.49. The van der Waals surface area contributed by atoms with Crippen molar-refractivity contribution in [3.05, 3.63) is 64.5 Å². The molecular formula is C22H20ClNO2S. The van der Waals surface area contributed by atoms with E-state index in [1.807, 2.05) is 19.1 Å². The zero-order valence-corrected chi connectivity index (χ0v) is 16.6. The maximum Gasteiger partial charge on any atom is 0.316 e. The predicted molar refractivity (Wildman–Crippen MR) is 112 cm³/mol. The summed E-state index contributed by atoms with van der Waals surface area (Å²) in [4.78, 5) is 13.2. The van der Waals surface area contributed by atoms with Crippen molar-refractivity contribution >= 4 is 34.6 Å². The second-order valence-corrected chi connectivity index (χ2v) is 8.48. The zero-order valence-electron chi connectivity index (χ0n) is 15.0. The maximum absolute atomic E-state index is 12.2. The van der Waals surface area contributed by atoms with Crippen molar-refractivity contribution in [2.75, 3.05) is 12.3 Å². The van der Waals surface area contributed by atoms with Crippen LogP contribution >= 0.6 is 22.9 Å². The van der Waals surface area contributed by atoms with E-state index in [9.17, 15) is 4.79 Å². The van der Waals surface area contributed by atoms with Crippen molar-refractivity contribution in [2.24, 2.45) is 0 Å². The number of ether oxygens (including phenoxy) is 1. The monoisotopic (exact) mass is 397 g/mol. The quantitative estimate of drug-likeness (QED) is 0.544. The number of nitrogens with two attached hydrogens (primary N) is 1. The van der Waals surface area contributed by atoms with Crippen LogP contribution in [0.3, 0.4) is 0 Å². The molecule has 0 radical (unpaired) electrons. The lowest BCUT2D eigenvalue weighted by Crippen LogP contribution is -2.23. The molecule has 0 unspecified atom stereocenters. The van der Waals surface area contributed by atoms with Gasteiger partial charge in [-0.3, -0.25) is 4.79 Å². The average molecular weight is 398 g/mol. The summed E-state index contributed by atoms with van der Waals surface area (Å²) in [5, 5.41) is 0. The van der Waals surface area contributed by atoms with E-state index in [0.717, 1.165) is 40.0 Å². The van der Waals surface area contributed by atoms with Crippen LogP contribution < -0.4 is 5.73 Å². The van der Waals surface area contributed by atoms with E-state index in [-0.39, 0.29) is 5.97 Å². The van der Waals surface area contributed by atoms with E-state index in [1.54, 1.807) is 6.07 Å². The smallest absolute Gasteiger partial charge is 0.316 e. The highest BCUT2D eigenvalue weighted by molar-refractivity contribution is 7.20. The van der Waals surface area contributed by atoms with Crippen molar-refractivity contribution in [3.8, 4) is 21.6 Å². The molecule has 1 aliphatic carbocycles. The number of anilines is 1. The number of esters is 1. The molecule has 1 saturated carbocycles. The van der Waals surface area contributed by atoms with E-state index in [0.29, 0.717) is 16.6 Å². The molecule has 0 aliphatic heterocycles. The fourth-order valence-electron chi connectivity index (χ4n) is 3.40. The van der Waals surface area contributed by atoms with Gasteiger partial charge in [0.2, 0.25) is 0 Å². The van der Waals surface area contributed by atoms with Crippen LogP contribution in [0.4, 0.5) is 5.69 Å². The molecule has 0 bridgehead atoms. The first-order chi connectivity index (χ1) is 13.0. The van der Waals surface area contributed by atoms with Gasteiger partial charge in [-0.1, -0.05) is 60.1 Å². The molecule has 5 heteroatoms. The van der Waals surface area contributed by atoms with Crippen molar-refractivity contribution in [3.63, 3.8) is 0 Å². The summed E-state index contributed by atoms with van der Waals surface area (Å²) in [6.07, 6.45) is 1.73. The van der Waals surface area contributed by atoms with Crippen LogP contribution in [0.2, 0.25) is 4.34 Å². The summed E-state index contributed by atoms with van der Waals surface area (Å²) in [6.45, 7) is 2.27. The van der Waals surface area contributed by atoms with Gasteiger partial charge in [0.05, 0.1) is 26.9 Å². The molecule has 2 aromatic carbocycles. The maximum atomic E-state index is 12.2. The zero-order chi connectivity index (χ0) is 19.0. The number of nitrogen functional groups attached to an aromatic ring is 1. The van der Waals surface area contributed by atoms with Gasteiger partial charge >= 0.3 is 5.97 Å². The van der Waals surface area contributed by atoms with Crippen LogP contribution in [0.1, 0.15) is 25.3 Å². The van der Waals surface area contributed by atoms with Gasteiger partial charge < -0.3 is 10.5 Å². The van der Waals surface area contributed by atoms with Gasteiger partial charge in [-0.15, -0.1) is 11.3 Å². The fourth-order valence-corrected chi connectivity index (χ4v) is 4.56. The summed E-state index contributed by atoms with van der Waals surface area (Å²) < 4.78 is 5.94. The molecule has 27 heavy (non-hydrogen) atoms. The molecule has 1 aliphatic rings. The number of benzene rings is 2. The summed E-state index contributed by atoms with van der Waals surface area (Å²) in [5.74, 6) is -0.102. The van der Waals surface area contributed by atoms with Crippen molar-refractivity contribution in [1.29, 1.82) is 0 Å². The Morgan fingerprint density at radius 3 is 2.11 bits per heavy atom. The molecular weight excluding hydrogens is 378 g/mol. The number of thiophene rings is 1. The molecule has 1 aromatic heterocycles. The summed E-state index contributed by atoms with van der Waals surface area (Å²) in [7, 11) is 0. The largest absolute Gasteiger partial charge is 0.465 e. The van der Waals surface area contributed by atoms with Crippen molar-refractivity contribution in [2.45, 2.75) is 25.2 Å². The lowest BCUT2D eigenvalue weighted by molar-refractivity contribution is -0.146. The van der Waals surface area contributed by atoms with Crippen LogP contribution in [0.15, 0.2) is 54.6 Å². The lowest BCUT2D eigenvalue weighted by Gasteiger charge is -2.14. The second kappa shape index (κ2) is 7.02. The topological polar surface area (TPSA) is 52.3 Å². The van der Waals surface area contributed by atoms with E-state index in [4.69, 9.17) is 22.1 Å². The molecule has 3 aromatic rings. The van der Waals surface area contributed by atoms with Crippen LogP contribution in [0.5, 0.6) is 0 Å². The summed E-state index contributed by atoms with van der Waals surface area (Å²) >= 11 is 7.53. The molecule has 4 rings (SSSR count). The second-order valence-electron chi connectivity index (χ2n) is 6.79. The van der Waals surface area contributed by atoms with Crippen LogP contribution in [0.25, 0.3) is 21.6 Å². The number of rotatable bonds is 5. The third-order valence-corrected chi connectivity index (χ3v) is 6.39. The minimum Gasteiger partial charge on any atom is -0.465 e. The highest BCUT2D eigenvalue weighted by Gasteiger charge is 2.52. The van der Waals surface area contributed by atoms with Crippen LogP contribution in [-0.4, -0.2) is 12.6 Å². The minimum atomic E-state index is -0.422. The Hall–Kier alpha value is -2.30. The Bertz CT molecular complexity index is 973. The predicted octanol–water partition coefficient (Wildman–Crippen LogP) is 5.91. The first-order valence-electron chi connectivity index (χ1n) is 8.97. The van der Waals surface area contributed by atoms with Gasteiger partial charge in [0.1, 0.15) is 0 Å². The Morgan fingerprint density at radius 1 is 1.07 bits per heavy atom. The van der Waals surface area contributed by atoms with Crippen LogP contribution in [-0.2, 0) is 14.9 Å². The van der Waals surface area contributed by atoms with Gasteiger partial charge in [0.15, 0.2) is 0 Å². The fraction of sp³-hybridized carbons (Fsp3) is 0.227. The van der Waals surface area contributed by atoms with Gasteiger partial charge in [-0.25, -0.2) is 0 Å². The highest BCUT2D eigenvalue weighted by atomic mass is 35.5. The molecule has 0 amide bonds. The molecule has 1 fully saturated rings.